The van der Waals surface area contributed by atoms with Crippen LogP contribution in [0.25, 0.3) is 0 Å². The summed E-state index contributed by atoms with van der Waals surface area (Å²) in [5, 5.41) is 0. The van der Waals surface area contributed by atoms with Gasteiger partial charge >= 0.3 is 0 Å². The second kappa shape index (κ2) is 7.10. The SMILES string of the molecule is N[C@@H]1CCC[C@H]1CC(=O)N1CCCN(C2CCCC2)CC1. The molecule has 120 valence electrons. The molecule has 2 N–H and O–H groups in total. The summed E-state index contributed by atoms with van der Waals surface area (Å²) in [7, 11) is 0. The maximum atomic E-state index is 12.5. The van der Waals surface area contributed by atoms with Crippen LogP contribution in [0.15, 0.2) is 0 Å². The van der Waals surface area contributed by atoms with E-state index in [4.69, 9.17) is 5.73 Å². The highest BCUT2D eigenvalue weighted by Crippen LogP contribution is 2.28. The predicted octanol–water partition coefficient (Wildman–Crippen LogP) is 1.98. The summed E-state index contributed by atoms with van der Waals surface area (Å²) in [5.74, 6) is 0.789. The summed E-state index contributed by atoms with van der Waals surface area (Å²) in [6.07, 6.45) is 10.8. The second-order valence-electron chi connectivity index (χ2n) is 7.27. The molecule has 0 spiro atoms. The van der Waals surface area contributed by atoms with Crippen LogP contribution in [-0.2, 0) is 4.79 Å². The largest absolute Gasteiger partial charge is 0.341 e. The van der Waals surface area contributed by atoms with E-state index in [9.17, 15) is 4.79 Å². The van der Waals surface area contributed by atoms with Gasteiger partial charge in [-0.05, 0) is 38.0 Å². The minimum absolute atomic E-state index is 0.260. The van der Waals surface area contributed by atoms with E-state index >= 15 is 0 Å². The number of nitrogens with two attached hydrogens (primary N) is 1. The molecule has 3 fully saturated rings. The van der Waals surface area contributed by atoms with Gasteiger partial charge in [-0.15, -0.1) is 0 Å². The van der Waals surface area contributed by atoms with Gasteiger partial charge < -0.3 is 10.6 Å². The molecule has 0 unspecified atom stereocenters. The first-order valence-corrected chi connectivity index (χ1v) is 9.01. The maximum absolute atomic E-state index is 12.5. The topological polar surface area (TPSA) is 49.6 Å². The Bertz CT molecular complexity index is 354. The maximum Gasteiger partial charge on any atom is 0.222 e. The van der Waals surface area contributed by atoms with Gasteiger partial charge in [0.1, 0.15) is 0 Å². The number of carbonyl (C=O) groups is 1. The number of rotatable bonds is 3. The zero-order valence-corrected chi connectivity index (χ0v) is 13.3. The van der Waals surface area contributed by atoms with Gasteiger partial charge in [0, 0.05) is 44.7 Å². The van der Waals surface area contributed by atoms with Crippen molar-refractivity contribution in [2.24, 2.45) is 11.7 Å². The molecule has 0 aromatic carbocycles. The number of hydrogen-bond acceptors (Lipinski definition) is 3. The lowest BCUT2D eigenvalue weighted by molar-refractivity contribution is -0.132. The van der Waals surface area contributed by atoms with Crippen molar-refractivity contribution in [2.45, 2.75) is 69.9 Å². The lowest BCUT2D eigenvalue weighted by Gasteiger charge is -2.27. The minimum Gasteiger partial charge on any atom is -0.341 e. The minimum atomic E-state index is 0.260. The van der Waals surface area contributed by atoms with Crippen molar-refractivity contribution < 1.29 is 4.79 Å². The van der Waals surface area contributed by atoms with E-state index in [1.165, 1.54) is 38.6 Å². The van der Waals surface area contributed by atoms with Gasteiger partial charge in [-0.3, -0.25) is 9.69 Å². The third kappa shape index (κ3) is 3.78. The second-order valence-corrected chi connectivity index (χ2v) is 7.27. The Morgan fingerprint density at radius 1 is 0.905 bits per heavy atom. The summed E-state index contributed by atoms with van der Waals surface area (Å²) in [6, 6.07) is 1.05. The highest BCUT2D eigenvalue weighted by atomic mass is 16.2. The molecule has 2 aliphatic carbocycles. The Hall–Kier alpha value is -0.610. The fraction of sp³-hybridized carbons (Fsp3) is 0.941. The molecule has 0 radical (unpaired) electrons. The van der Waals surface area contributed by atoms with Crippen LogP contribution in [0.2, 0.25) is 0 Å². The van der Waals surface area contributed by atoms with Crippen molar-refractivity contribution in [3.05, 3.63) is 0 Å². The van der Waals surface area contributed by atoms with Crippen molar-refractivity contribution in [1.82, 2.24) is 9.80 Å². The average molecular weight is 293 g/mol. The highest BCUT2D eigenvalue weighted by Gasteiger charge is 2.30. The molecule has 0 bridgehead atoms. The molecule has 0 aromatic heterocycles. The Kier molecular flexibility index (Phi) is 5.17. The summed E-state index contributed by atoms with van der Waals surface area (Å²) in [6.45, 7) is 4.13. The molecule has 21 heavy (non-hydrogen) atoms. The van der Waals surface area contributed by atoms with Crippen LogP contribution in [0.5, 0.6) is 0 Å². The normalized spacial score (nSPS) is 32.5. The van der Waals surface area contributed by atoms with E-state index in [1.807, 2.05) is 0 Å². The molecule has 1 heterocycles. The van der Waals surface area contributed by atoms with Gasteiger partial charge in [0.2, 0.25) is 5.91 Å². The van der Waals surface area contributed by atoms with Gasteiger partial charge in [0.15, 0.2) is 0 Å². The number of amides is 1. The summed E-state index contributed by atoms with van der Waals surface area (Å²) >= 11 is 0. The van der Waals surface area contributed by atoms with Crippen LogP contribution in [0.3, 0.4) is 0 Å². The van der Waals surface area contributed by atoms with Crippen molar-refractivity contribution >= 4 is 5.91 Å². The Morgan fingerprint density at radius 2 is 1.71 bits per heavy atom. The lowest BCUT2D eigenvalue weighted by Crippen LogP contribution is -2.39. The average Bonchev–Trinajstić information content (AvgIpc) is 3.07. The molecule has 4 heteroatoms. The number of nitrogens with zero attached hydrogens (tertiary/aromatic N) is 2. The van der Waals surface area contributed by atoms with E-state index in [0.717, 1.165) is 44.9 Å². The van der Waals surface area contributed by atoms with Crippen LogP contribution < -0.4 is 5.73 Å². The van der Waals surface area contributed by atoms with Crippen LogP contribution in [0.4, 0.5) is 0 Å². The standard InChI is InChI=1S/C17H31N3O/c18-16-8-3-5-14(16)13-17(21)20-10-4-9-19(11-12-20)15-6-1-2-7-15/h14-16H,1-13,18H2/t14-,16+/m0/s1. The third-order valence-corrected chi connectivity index (χ3v) is 5.88. The van der Waals surface area contributed by atoms with Gasteiger partial charge in [0.05, 0.1) is 0 Å². The highest BCUT2D eigenvalue weighted by molar-refractivity contribution is 5.76. The fourth-order valence-corrected chi connectivity index (χ4v) is 4.49. The fourth-order valence-electron chi connectivity index (χ4n) is 4.49. The van der Waals surface area contributed by atoms with Gasteiger partial charge in [-0.25, -0.2) is 0 Å². The van der Waals surface area contributed by atoms with E-state index in [-0.39, 0.29) is 6.04 Å². The molecular formula is C17H31N3O. The predicted molar refractivity (Wildman–Crippen MR) is 85.0 cm³/mol. The zero-order valence-electron chi connectivity index (χ0n) is 13.3. The zero-order chi connectivity index (χ0) is 14.7. The van der Waals surface area contributed by atoms with E-state index in [1.54, 1.807) is 0 Å². The van der Waals surface area contributed by atoms with E-state index in [0.29, 0.717) is 18.2 Å². The van der Waals surface area contributed by atoms with Crippen molar-refractivity contribution in [2.75, 3.05) is 26.2 Å². The molecule has 1 saturated heterocycles. The molecule has 2 saturated carbocycles. The van der Waals surface area contributed by atoms with Gasteiger partial charge in [-0.1, -0.05) is 19.3 Å². The van der Waals surface area contributed by atoms with Gasteiger partial charge in [0.25, 0.3) is 0 Å². The first-order valence-electron chi connectivity index (χ1n) is 9.01. The molecule has 2 atom stereocenters. The first-order chi connectivity index (χ1) is 10.2. The summed E-state index contributed by atoms with van der Waals surface area (Å²) in [5.41, 5.74) is 6.11. The Labute approximate surface area is 129 Å². The first kappa shape index (κ1) is 15.3. The monoisotopic (exact) mass is 293 g/mol. The van der Waals surface area contributed by atoms with E-state index in [2.05, 4.69) is 9.80 Å². The van der Waals surface area contributed by atoms with Crippen molar-refractivity contribution in [3.63, 3.8) is 0 Å². The summed E-state index contributed by atoms with van der Waals surface area (Å²) < 4.78 is 0. The molecule has 3 aliphatic rings. The van der Waals surface area contributed by atoms with Gasteiger partial charge in [-0.2, -0.15) is 0 Å². The van der Waals surface area contributed by atoms with E-state index < -0.39 is 0 Å². The molecule has 1 aliphatic heterocycles. The molecule has 3 rings (SSSR count). The Balaban J connectivity index is 1.48. The van der Waals surface area contributed by atoms with Crippen LogP contribution in [0.1, 0.15) is 57.8 Å². The molecule has 0 aromatic rings. The quantitative estimate of drug-likeness (QED) is 0.865. The summed E-state index contributed by atoms with van der Waals surface area (Å²) in [4.78, 5) is 17.3. The number of carbonyl (C=O) groups excluding carboxylic acids is 1. The van der Waals surface area contributed by atoms with Crippen LogP contribution in [0, 0.1) is 5.92 Å². The number of hydrogen-bond donors (Lipinski definition) is 1. The Morgan fingerprint density at radius 3 is 2.43 bits per heavy atom. The van der Waals surface area contributed by atoms with Crippen molar-refractivity contribution in [1.29, 1.82) is 0 Å². The third-order valence-electron chi connectivity index (χ3n) is 5.88. The molecule has 1 amide bonds. The molecule has 4 nitrogen and oxygen atoms in total. The van der Waals surface area contributed by atoms with Crippen LogP contribution >= 0.6 is 0 Å². The molecular weight excluding hydrogens is 262 g/mol. The van der Waals surface area contributed by atoms with Crippen molar-refractivity contribution in [3.8, 4) is 0 Å². The lowest BCUT2D eigenvalue weighted by atomic mass is 9.99. The smallest absolute Gasteiger partial charge is 0.222 e. The van der Waals surface area contributed by atoms with Crippen LogP contribution in [-0.4, -0.2) is 54.0 Å².